The van der Waals surface area contributed by atoms with Gasteiger partial charge >= 0.3 is 0 Å². The van der Waals surface area contributed by atoms with Crippen LogP contribution in [0.25, 0.3) is 0 Å². The fourth-order valence-electron chi connectivity index (χ4n) is 2.45. The molecule has 1 amide bonds. The van der Waals surface area contributed by atoms with Crippen LogP contribution in [0.1, 0.15) is 37.0 Å². The lowest BCUT2D eigenvalue weighted by Crippen LogP contribution is -2.12. The van der Waals surface area contributed by atoms with Gasteiger partial charge in [-0.05, 0) is 31.5 Å². The summed E-state index contributed by atoms with van der Waals surface area (Å²) in [6, 6.07) is 10.4. The van der Waals surface area contributed by atoms with Crippen molar-refractivity contribution >= 4 is 11.6 Å². The average Bonchev–Trinajstić information content (AvgIpc) is 2.69. The Hall–Kier alpha value is -2.89. The van der Waals surface area contributed by atoms with Crippen molar-refractivity contribution in [3.63, 3.8) is 0 Å². The first kappa shape index (κ1) is 20.4. The molecule has 1 N–H and O–H groups in total. The Balaban J connectivity index is 2.19. The molecule has 0 radical (unpaired) electrons. The summed E-state index contributed by atoms with van der Waals surface area (Å²) in [6.07, 6.45) is 2.01. The van der Waals surface area contributed by atoms with Crippen molar-refractivity contribution in [1.29, 1.82) is 0 Å². The zero-order valence-electron chi connectivity index (χ0n) is 16.3. The molecule has 0 saturated carbocycles. The summed E-state index contributed by atoms with van der Waals surface area (Å²) >= 11 is 0. The first-order valence-electron chi connectivity index (χ1n) is 9.05. The topological polar surface area (TPSA) is 66.0 Å². The van der Waals surface area contributed by atoms with Crippen LogP contribution in [0.2, 0.25) is 0 Å². The lowest BCUT2D eigenvalue weighted by Gasteiger charge is -2.14. The van der Waals surface area contributed by atoms with Crippen LogP contribution in [0.4, 0.5) is 5.69 Å². The molecule has 0 heterocycles. The van der Waals surface area contributed by atoms with Crippen LogP contribution >= 0.6 is 0 Å². The molecule has 0 fully saturated rings. The van der Waals surface area contributed by atoms with Gasteiger partial charge in [0.15, 0.2) is 11.5 Å². The van der Waals surface area contributed by atoms with Crippen LogP contribution in [0, 0.1) is 0 Å². The van der Waals surface area contributed by atoms with Crippen molar-refractivity contribution in [2.45, 2.75) is 26.7 Å². The minimum atomic E-state index is -0.258. The third-order valence-corrected chi connectivity index (χ3v) is 3.87. The fourth-order valence-corrected chi connectivity index (χ4v) is 2.45. The summed E-state index contributed by atoms with van der Waals surface area (Å²) in [4.78, 5) is 12.7. The number of hydrogen-bond acceptors (Lipinski definition) is 5. The molecule has 2 aromatic carbocycles. The second kappa shape index (κ2) is 10.3. The van der Waals surface area contributed by atoms with Gasteiger partial charge in [-0.1, -0.05) is 13.3 Å². The molecule has 0 aromatic heterocycles. The van der Waals surface area contributed by atoms with E-state index >= 15 is 0 Å². The Bertz CT molecular complexity index is 738. The van der Waals surface area contributed by atoms with Crippen LogP contribution in [0.5, 0.6) is 23.0 Å². The molecular formula is C21H27NO5. The number of anilines is 1. The second-order valence-corrected chi connectivity index (χ2v) is 5.85. The van der Waals surface area contributed by atoms with Crippen molar-refractivity contribution < 1.29 is 23.7 Å². The Morgan fingerprint density at radius 1 is 0.926 bits per heavy atom. The SMILES string of the molecule is CCCCOc1ccc(C(=O)Nc2cc(OC)cc(OC)c2)cc1OCC. The highest BCUT2D eigenvalue weighted by Crippen LogP contribution is 2.30. The van der Waals surface area contributed by atoms with Crippen LogP contribution < -0.4 is 24.3 Å². The van der Waals surface area contributed by atoms with Gasteiger partial charge in [0.05, 0.1) is 27.4 Å². The van der Waals surface area contributed by atoms with Crippen molar-refractivity contribution in [1.82, 2.24) is 0 Å². The third-order valence-electron chi connectivity index (χ3n) is 3.87. The van der Waals surface area contributed by atoms with Gasteiger partial charge in [-0.2, -0.15) is 0 Å². The minimum absolute atomic E-state index is 0.258. The average molecular weight is 373 g/mol. The van der Waals surface area contributed by atoms with E-state index in [-0.39, 0.29) is 5.91 Å². The van der Waals surface area contributed by atoms with Crippen molar-refractivity contribution in [3.8, 4) is 23.0 Å². The molecule has 0 unspecified atom stereocenters. The van der Waals surface area contributed by atoms with Gasteiger partial charge in [0.1, 0.15) is 11.5 Å². The Morgan fingerprint density at radius 2 is 1.63 bits per heavy atom. The van der Waals surface area contributed by atoms with Crippen LogP contribution in [-0.2, 0) is 0 Å². The van der Waals surface area contributed by atoms with Gasteiger partial charge in [0.25, 0.3) is 5.91 Å². The maximum Gasteiger partial charge on any atom is 0.255 e. The lowest BCUT2D eigenvalue weighted by atomic mass is 10.1. The molecule has 0 saturated heterocycles. The summed E-state index contributed by atoms with van der Waals surface area (Å²) in [6.45, 7) is 5.10. The largest absolute Gasteiger partial charge is 0.497 e. The Kier molecular flexibility index (Phi) is 7.79. The lowest BCUT2D eigenvalue weighted by molar-refractivity contribution is 0.102. The van der Waals surface area contributed by atoms with Gasteiger partial charge in [-0.3, -0.25) is 4.79 Å². The fraction of sp³-hybridized carbons (Fsp3) is 0.381. The molecule has 0 aliphatic rings. The zero-order valence-corrected chi connectivity index (χ0v) is 16.3. The number of nitrogens with one attached hydrogen (secondary N) is 1. The quantitative estimate of drug-likeness (QED) is 0.620. The number of hydrogen-bond donors (Lipinski definition) is 1. The smallest absolute Gasteiger partial charge is 0.255 e. The molecule has 27 heavy (non-hydrogen) atoms. The van der Waals surface area contributed by atoms with E-state index in [1.807, 2.05) is 6.92 Å². The molecule has 0 bridgehead atoms. The standard InChI is InChI=1S/C21H27NO5/c1-5-7-10-27-19-9-8-15(11-20(19)26-6-2)21(23)22-16-12-17(24-3)14-18(13-16)25-4/h8-9,11-14H,5-7,10H2,1-4H3,(H,22,23). The van der Waals surface area contributed by atoms with Gasteiger partial charge < -0.3 is 24.3 Å². The van der Waals surface area contributed by atoms with E-state index < -0.39 is 0 Å². The summed E-state index contributed by atoms with van der Waals surface area (Å²) in [5, 5.41) is 2.85. The maximum absolute atomic E-state index is 12.7. The van der Waals surface area contributed by atoms with E-state index in [0.29, 0.717) is 47.5 Å². The highest BCUT2D eigenvalue weighted by Gasteiger charge is 2.13. The van der Waals surface area contributed by atoms with Crippen LogP contribution in [0.3, 0.4) is 0 Å². The van der Waals surface area contributed by atoms with Crippen LogP contribution in [0.15, 0.2) is 36.4 Å². The van der Waals surface area contributed by atoms with Crippen molar-refractivity contribution in [2.24, 2.45) is 0 Å². The molecule has 2 rings (SSSR count). The summed E-state index contributed by atoms with van der Waals surface area (Å²) < 4.78 is 21.9. The van der Waals surface area contributed by atoms with E-state index in [1.54, 1.807) is 50.6 Å². The molecule has 0 spiro atoms. The molecular weight excluding hydrogens is 346 g/mol. The van der Waals surface area contributed by atoms with Gasteiger partial charge in [0, 0.05) is 29.4 Å². The van der Waals surface area contributed by atoms with Crippen molar-refractivity contribution in [3.05, 3.63) is 42.0 Å². The van der Waals surface area contributed by atoms with E-state index in [4.69, 9.17) is 18.9 Å². The summed E-state index contributed by atoms with van der Waals surface area (Å²) in [7, 11) is 3.12. The maximum atomic E-state index is 12.7. The molecule has 0 atom stereocenters. The van der Waals surface area contributed by atoms with Crippen LogP contribution in [-0.4, -0.2) is 33.3 Å². The van der Waals surface area contributed by atoms with Gasteiger partial charge in [-0.25, -0.2) is 0 Å². The minimum Gasteiger partial charge on any atom is -0.497 e. The third kappa shape index (κ3) is 5.81. The summed E-state index contributed by atoms with van der Waals surface area (Å²) in [5.74, 6) is 2.14. The predicted molar refractivity (Wildman–Crippen MR) is 106 cm³/mol. The van der Waals surface area contributed by atoms with E-state index in [0.717, 1.165) is 12.8 Å². The molecule has 6 heteroatoms. The van der Waals surface area contributed by atoms with Gasteiger partial charge in [-0.15, -0.1) is 0 Å². The Morgan fingerprint density at radius 3 is 2.22 bits per heavy atom. The van der Waals surface area contributed by atoms with Gasteiger partial charge in [0.2, 0.25) is 0 Å². The molecule has 146 valence electrons. The predicted octanol–water partition coefficient (Wildman–Crippen LogP) is 4.53. The zero-order chi connectivity index (χ0) is 19.6. The number of rotatable bonds is 10. The summed E-state index contributed by atoms with van der Waals surface area (Å²) in [5.41, 5.74) is 1.06. The number of amides is 1. The van der Waals surface area contributed by atoms with E-state index in [9.17, 15) is 4.79 Å². The number of unbranched alkanes of at least 4 members (excludes halogenated alkanes) is 1. The first-order valence-corrected chi connectivity index (χ1v) is 9.05. The first-order chi connectivity index (χ1) is 13.1. The van der Waals surface area contributed by atoms with E-state index in [2.05, 4.69) is 12.2 Å². The molecule has 6 nitrogen and oxygen atoms in total. The Labute approximate surface area is 160 Å². The second-order valence-electron chi connectivity index (χ2n) is 5.85. The van der Waals surface area contributed by atoms with Crippen molar-refractivity contribution in [2.75, 3.05) is 32.8 Å². The number of ether oxygens (including phenoxy) is 4. The monoisotopic (exact) mass is 373 g/mol. The number of carbonyl (C=O) groups excluding carboxylic acids is 1. The van der Waals surface area contributed by atoms with E-state index in [1.165, 1.54) is 0 Å². The highest BCUT2D eigenvalue weighted by molar-refractivity contribution is 6.04. The number of carbonyl (C=O) groups is 1. The molecule has 2 aromatic rings. The number of benzene rings is 2. The highest BCUT2D eigenvalue weighted by atomic mass is 16.5. The number of methoxy groups -OCH3 is 2. The normalized spacial score (nSPS) is 10.2. The molecule has 0 aliphatic carbocycles. The molecule has 0 aliphatic heterocycles.